The predicted octanol–water partition coefficient (Wildman–Crippen LogP) is 3.03. The number of aldehydes is 1. The second-order valence-corrected chi connectivity index (χ2v) is 5.14. The van der Waals surface area contributed by atoms with Crippen LogP contribution in [0.4, 0.5) is 0 Å². The number of carbonyl (C=O) groups is 2. The normalized spacial score (nSPS) is 11.5. The fraction of sp³-hybridized carbons (Fsp3) is 0.263. The molecule has 0 heterocycles. The summed E-state index contributed by atoms with van der Waals surface area (Å²) in [5.41, 5.74) is 1.42. The average Bonchev–Trinajstić information content (AvgIpc) is 2.65. The molecule has 5 nitrogen and oxygen atoms in total. The molecular weight excluding hydrogens is 308 g/mol. The Morgan fingerprint density at radius 1 is 1.08 bits per heavy atom. The molecule has 0 aromatic heterocycles. The minimum Gasteiger partial charge on any atom is -0.497 e. The first-order valence-corrected chi connectivity index (χ1v) is 7.65. The van der Waals surface area contributed by atoms with Crippen LogP contribution in [0.5, 0.6) is 5.75 Å². The van der Waals surface area contributed by atoms with Crippen LogP contribution in [-0.4, -0.2) is 32.1 Å². The Hall–Kier alpha value is -2.66. The highest BCUT2D eigenvalue weighted by Crippen LogP contribution is 2.12. The van der Waals surface area contributed by atoms with Gasteiger partial charge in [0.2, 0.25) is 0 Å². The molecule has 0 N–H and O–H groups in total. The van der Waals surface area contributed by atoms with Crippen molar-refractivity contribution in [1.82, 2.24) is 0 Å². The Labute approximate surface area is 141 Å². The minimum absolute atomic E-state index is 0.317. The summed E-state index contributed by atoms with van der Waals surface area (Å²) in [7, 11) is 1.61. The molecular formula is C19H20O5. The quantitative estimate of drug-likeness (QED) is 0.402. The number of esters is 1. The molecule has 1 atom stereocenters. The molecule has 0 aliphatic carbocycles. The Kier molecular flexibility index (Phi) is 6.98. The van der Waals surface area contributed by atoms with E-state index in [0.717, 1.165) is 11.3 Å². The second-order valence-electron chi connectivity index (χ2n) is 5.14. The lowest BCUT2D eigenvalue weighted by molar-refractivity contribution is -0.116. The molecule has 2 rings (SSSR count). The van der Waals surface area contributed by atoms with E-state index in [4.69, 9.17) is 14.2 Å². The van der Waals surface area contributed by atoms with Crippen LogP contribution < -0.4 is 4.74 Å². The highest BCUT2D eigenvalue weighted by atomic mass is 16.5. The Bertz CT molecular complexity index is 637. The van der Waals surface area contributed by atoms with Gasteiger partial charge >= 0.3 is 5.97 Å². The second kappa shape index (κ2) is 9.47. The molecule has 0 amide bonds. The van der Waals surface area contributed by atoms with Gasteiger partial charge in [0.05, 0.1) is 25.9 Å². The van der Waals surface area contributed by atoms with E-state index in [9.17, 15) is 9.59 Å². The van der Waals surface area contributed by atoms with Crippen LogP contribution in [0, 0.1) is 0 Å². The maximum absolute atomic E-state index is 11.9. The van der Waals surface area contributed by atoms with Crippen molar-refractivity contribution in [2.45, 2.75) is 19.1 Å². The molecule has 5 heteroatoms. The number of methoxy groups -OCH3 is 1. The molecule has 126 valence electrons. The Balaban J connectivity index is 1.73. The van der Waals surface area contributed by atoms with E-state index < -0.39 is 12.1 Å². The number of benzene rings is 2. The van der Waals surface area contributed by atoms with Gasteiger partial charge in [-0.25, -0.2) is 4.79 Å². The van der Waals surface area contributed by atoms with E-state index in [1.54, 1.807) is 37.4 Å². The highest BCUT2D eigenvalue weighted by molar-refractivity contribution is 5.90. The van der Waals surface area contributed by atoms with E-state index in [0.29, 0.717) is 31.5 Å². The molecule has 0 aliphatic heterocycles. The van der Waals surface area contributed by atoms with Crippen LogP contribution in [0.2, 0.25) is 0 Å². The molecule has 0 unspecified atom stereocenters. The third kappa shape index (κ3) is 5.52. The van der Waals surface area contributed by atoms with Crippen molar-refractivity contribution in [1.29, 1.82) is 0 Å². The van der Waals surface area contributed by atoms with Crippen LogP contribution in [0.25, 0.3) is 0 Å². The maximum atomic E-state index is 11.9. The van der Waals surface area contributed by atoms with Crippen molar-refractivity contribution >= 4 is 12.3 Å². The van der Waals surface area contributed by atoms with Gasteiger partial charge in [0.25, 0.3) is 0 Å². The molecule has 2 aromatic rings. The summed E-state index contributed by atoms with van der Waals surface area (Å²) in [6, 6.07) is 16.1. The molecule has 0 spiro atoms. The smallest absolute Gasteiger partial charge is 0.338 e. The summed E-state index contributed by atoms with van der Waals surface area (Å²) < 4.78 is 15.8. The Morgan fingerprint density at radius 3 is 2.42 bits per heavy atom. The van der Waals surface area contributed by atoms with Crippen molar-refractivity contribution in [3.8, 4) is 5.75 Å². The average molecular weight is 328 g/mol. The van der Waals surface area contributed by atoms with Crippen LogP contribution in [0.15, 0.2) is 54.6 Å². The summed E-state index contributed by atoms with van der Waals surface area (Å²) in [6.45, 7) is 0.736. The molecule has 0 saturated carbocycles. The van der Waals surface area contributed by atoms with Gasteiger partial charge in [0.1, 0.15) is 5.75 Å². The van der Waals surface area contributed by atoms with Crippen molar-refractivity contribution in [2.75, 3.05) is 13.7 Å². The van der Waals surface area contributed by atoms with Gasteiger partial charge in [-0.2, -0.15) is 0 Å². The monoisotopic (exact) mass is 328 g/mol. The Morgan fingerprint density at radius 2 is 1.79 bits per heavy atom. The van der Waals surface area contributed by atoms with E-state index in [1.165, 1.54) is 0 Å². The lowest BCUT2D eigenvalue weighted by atomic mass is 10.2. The number of rotatable bonds is 9. The SMILES string of the molecule is COc1ccc(COCC[C@H](C=O)OC(=O)c2ccccc2)cc1. The van der Waals surface area contributed by atoms with Gasteiger partial charge < -0.3 is 14.2 Å². The number of carbonyl (C=O) groups excluding carboxylic acids is 2. The van der Waals surface area contributed by atoms with Gasteiger partial charge in [-0.1, -0.05) is 30.3 Å². The highest BCUT2D eigenvalue weighted by Gasteiger charge is 2.14. The lowest BCUT2D eigenvalue weighted by Gasteiger charge is -2.12. The van der Waals surface area contributed by atoms with E-state index >= 15 is 0 Å². The summed E-state index contributed by atoms with van der Waals surface area (Å²) in [6.07, 6.45) is 0.129. The van der Waals surface area contributed by atoms with Gasteiger partial charge in [-0.15, -0.1) is 0 Å². The zero-order chi connectivity index (χ0) is 17.2. The first-order valence-electron chi connectivity index (χ1n) is 7.65. The van der Waals surface area contributed by atoms with Crippen LogP contribution in [0.1, 0.15) is 22.3 Å². The molecule has 0 saturated heterocycles. The topological polar surface area (TPSA) is 61.8 Å². The third-order valence-electron chi connectivity index (χ3n) is 3.39. The molecule has 24 heavy (non-hydrogen) atoms. The predicted molar refractivity (Wildman–Crippen MR) is 89.0 cm³/mol. The van der Waals surface area contributed by atoms with Crippen LogP contribution >= 0.6 is 0 Å². The van der Waals surface area contributed by atoms with Gasteiger partial charge in [-0.3, -0.25) is 4.79 Å². The first kappa shape index (κ1) is 17.7. The lowest BCUT2D eigenvalue weighted by Crippen LogP contribution is -2.21. The van der Waals surface area contributed by atoms with Crippen molar-refractivity contribution in [3.63, 3.8) is 0 Å². The molecule has 2 aromatic carbocycles. The van der Waals surface area contributed by atoms with Gasteiger partial charge in [-0.05, 0) is 29.8 Å². The number of hydrogen-bond acceptors (Lipinski definition) is 5. The molecule has 0 radical (unpaired) electrons. The maximum Gasteiger partial charge on any atom is 0.338 e. The number of ether oxygens (including phenoxy) is 3. The van der Waals surface area contributed by atoms with Crippen molar-refractivity contribution in [3.05, 3.63) is 65.7 Å². The molecule has 0 aliphatic rings. The zero-order valence-electron chi connectivity index (χ0n) is 13.5. The van der Waals surface area contributed by atoms with Gasteiger partial charge in [0, 0.05) is 6.42 Å². The van der Waals surface area contributed by atoms with E-state index in [2.05, 4.69) is 0 Å². The van der Waals surface area contributed by atoms with Gasteiger partial charge in [0.15, 0.2) is 12.4 Å². The minimum atomic E-state index is -0.812. The molecule has 0 bridgehead atoms. The summed E-state index contributed by atoms with van der Waals surface area (Å²) in [5.74, 6) is 0.274. The standard InChI is InChI=1S/C19H20O5/c1-22-17-9-7-15(8-10-17)14-23-12-11-18(13-20)24-19(21)16-5-3-2-4-6-16/h2-10,13,18H,11-12,14H2,1H3/t18-/m1/s1. The summed E-state index contributed by atoms with van der Waals surface area (Å²) >= 11 is 0. The third-order valence-corrected chi connectivity index (χ3v) is 3.39. The van der Waals surface area contributed by atoms with Crippen LogP contribution in [0.3, 0.4) is 0 Å². The molecule has 0 fully saturated rings. The van der Waals surface area contributed by atoms with Crippen LogP contribution in [-0.2, 0) is 20.9 Å². The van der Waals surface area contributed by atoms with E-state index in [1.807, 2.05) is 24.3 Å². The van der Waals surface area contributed by atoms with Crippen molar-refractivity contribution < 1.29 is 23.8 Å². The fourth-order valence-electron chi connectivity index (χ4n) is 2.05. The summed E-state index contributed by atoms with van der Waals surface area (Å²) in [4.78, 5) is 23.0. The van der Waals surface area contributed by atoms with E-state index in [-0.39, 0.29) is 0 Å². The summed E-state index contributed by atoms with van der Waals surface area (Å²) in [5, 5.41) is 0. The fourth-order valence-corrected chi connectivity index (χ4v) is 2.05. The van der Waals surface area contributed by atoms with Crippen molar-refractivity contribution in [2.24, 2.45) is 0 Å². The number of hydrogen-bond donors (Lipinski definition) is 0. The zero-order valence-corrected chi connectivity index (χ0v) is 13.5. The first-order chi connectivity index (χ1) is 11.7. The largest absolute Gasteiger partial charge is 0.497 e.